The Bertz CT molecular complexity index is 230. The van der Waals surface area contributed by atoms with Crippen LogP contribution in [0.3, 0.4) is 0 Å². The van der Waals surface area contributed by atoms with Crippen LogP contribution in [-0.2, 0) is 4.79 Å². The van der Waals surface area contributed by atoms with E-state index < -0.39 is 0 Å². The second kappa shape index (κ2) is 5.67. The molecule has 0 spiro atoms. The Hall–Kier alpha value is -0.570. The van der Waals surface area contributed by atoms with E-state index in [0.717, 1.165) is 38.5 Å². The van der Waals surface area contributed by atoms with Crippen LogP contribution in [0.15, 0.2) is 0 Å². The number of carbonyl (C=O) groups excluding carboxylic acids is 1. The fourth-order valence-corrected chi connectivity index (χ4v) is 3.04. The van der Waals surface area contributed by atoms with Crippen molar-refractivity contribution in [3.05, 3.63) is 0 Å². The predicted molar refractivity (Wildman–Crippen MR) is 65.2 cm³/mol. The van der Waals surface area contributed by atoms with Crippen molar-refractivity contribution in [2.45, 2.75) is 39.0 Å². The lowest BCUT2D eigenvalue weighted by atomic mass is 9.93. The van der Waals surface area contributed by atoms with Crippen LogP contribution < -0.4 is 5.32 Å². The molecule has 1 unspecified atom stereocenters. The number of nitrogens with zero attached hydrogens (tertiary/aromatic N) is 1. The van der Waals surface area contributed by atoms with Gasteiger partial charge in [-0.15, -0.1) is 0 Å². The fraction of sp³-hybridized carbons (Fsp3) is 0.923. The van der Waals surface area contributed by atoms with Crippen LogP contribution in [-0.4, -0.2) is 37.0 Å². The SMILES string of the molecule is CC(CC1CCCC1)C(=O)N1CCNCC1. The third-order valence-corrected chi connectivity index (χ3v) is 4.01. The van der Waals surface area contributed by atoms with Gasteiger partial charge in [0, 0.05) is 32.1 Å². The number of hydrogen-bond acceptors (Lipinski definition) is 2. The zero-order valence-electron chi connectivity index (χ0n) is 10.4. The monoisotopic (exact) mass is 224 g/mol. The van der Waals surface area contributed by atoms with Crippen molar-refractivity contribution in [2.24, 2.45) is 11.8 Å². The number of amides is 1. The molecule has 2 rings (SSSR count). The molecule has 0 bridgehead atoms. The first-order valence-electron chi connectivity index (χ1n) is 6.77. The minimum atomic E-state index is 0.237. The Morgan fingerprint density at radius 3 is 2.56 bits per heavy atom. The number of hydrogen-bond donors (Lipinski definition) is 1. The van der Waals surface area contributed by atoms with Crippen molar-refractivity contribution in [1.29, 1.82) is 0 Å². The smallest absolute Gasteiger partial charge is 0.225 e. The highest BCUT2D eigenvalue weighted by atomic mass is 16.2. The van der Waals surface area contributed by atoms with Gasteiger partial charge in [0.2, 0.25) is 5.91 Å². The van der Waals surface area contributed by atoms with Crippen molar-refractivity contribution in [1.82, 2.24) is 10.2 Å². The molecule has 1 atom stereocenters. The molecule has 2 aliphatic rings. The lowest BCUT2D eigenvalue weighted by Crippen LogP contribution is -2.48. The van der Waals surface area contributed by atoms with Gasteiger partial charge in [-0.1, -0.05) is 32.6 Å². The Morgan fingerprint density at radius 2 is 1.94 bits per heavy atom. The van der Waals surface area contributed by atoms with Gasteiger partial charge in [-0.2, -0.15) is 0 Å². The van der Waals surface area contributed by atoms with Gasteiger partial charge in [0.1, 0.15) is 0 Å². The minimum Gasteiger partial charge on any atom is -0.340 e. The summed E-state index contributed by atoms with van der Waals surface area (Å²) in [6.07, 6.45) is 6.56. The Labute approximate surface area is 98.6 Å². The molecule has 0 aromatic rings. The first-order valence-corrected chi connectivity index (χ1v) is 6.77. The summed E-state index contributed by atoms with van der Waals surface area (Å²) in [6.45, 7) is 5.83. The molecule has 16 heavy (non-hydrogen) atoms. The third-order valence-electron chi connectivity index (χ3n) is 4.01. The zero-order valence-corrected chi connectivity index (χ0v) is 10.4. The molecule has 1 N–H and O–H groups in total. The maximum atomic E-state index is 12.2. The fourth-order valence-electron chi connectivity index (χ4n) is 3.04. The minimum absolute atomic E-state index is 0.237. The number of rotatable bonds is 3. The van der Waals surface area contributed by atoms with Crippen molar-refractivity contribution in [3.8, 4) is 0 Å². The number of piperazine rings is 1. The molecule has 1 saturated carbocycles. The van der Waals surface area contributed by atoms with Crippen LogP contribution in [0.25, 0.3) is 0 Å². The second-order valence-corrected chi connectivity index (χ2v) is 5.36. The van der Waals surface area contributed by atoms with E-state index in [1.54, 1.807) is 0 Å². The van der Waals surface area contributed by atoms with Gasteiger partial charge >= 0.3 is 0 Å². The van der Waals surface area contributed by atoms with Crippen molar-refractivity contribution in [2.75, 3.05) is 26.2 Å². The second-order valence-electron chi connectivity index (χ2n) is 5.36. The van der Waals surface area contributed by atoms with E-state index in [-0.39, 0.29) is 5.92 Å². The van der Waals surface area contributed by atoms with E-state index in [2.05, 4.69) is 12.2 Å². The van der Waals surface area contributed by atoms with E-state index in [1.165, 1.54) is 25.7 Å². The van der Waals surface area contributed by atoms with Gasteiger partial charge < -0.3 is 10.2 Å². The average molecular weight is 224 g/mol. The van der Waals surface area contributed by atoms with Crippen LogP contribution in [0.5, 0.6) is 0 Å². The summed E-state index contributed by atoms with van der Waals surface area (Å²) >= 11 is 0. The van der Waals surface area contributed by atoms with E-state index in [1.807, 2.05) is 4.90 Å². The standard InChI is InChI=1S/C13H24N2O/c1-11(10-12-4-2-3-5-12)13(16)15-8-6-14-7-9-15/h11-12,14H,2-10H2,1H3. The molecule has 1 aliphatic heterocycles. The first-order chi connectivity index (χ1) is 7.77. The molecule has 3 nitrogen and oxygen atoms in total. The molecule has 1 amide bonds. The normalized spacial score (nSPS) is 24.7. The van der Waals surface area contributed by atoms with Crippen molar-refractivity contribution in [3.63, 3.8) is 0 Å². The summed E-state index contributed by atoms with van der Waals surface area (Å²) < 4.78 is 0. The molecule has 1 aliphatic carbocycles. The van der Waals surface area contributed by atoms with Gasteiger partial charge in [-0.05, 0) is 12.3 Å². The van der Waals surface area contributed by atoms with Gasteiger partial charge in [-0.3, -0.25) is 4.79 Å². The van der Waals surface area contributed by atoms with Gasteiger partial charge in [0.15, 0.2) is 0 Å². The molecule has 3 heteroatoms. The molecule has 1 heterocycles. The quantitative estimate of drug-likeness (QED) is 0.790. The largest absolute Gasteiger partial charge is 0.340 e. The topological polar surface area (TPSA) is 32.3 Å². The predicted octanol–water partition coefficient (Wildman–Crippen LogP) is 1.63. The van der Waals surface area contributed by atoms with E-state index in [9.17, 15) is 4.79 Å². The van der Waals surface area contributed by atoms with Crippen LogP contribution in [0.1, 0.15) is 39.0 Å². The molecular formula is C13H24N2O. The highest BCUT2D eigenvalue weighted by Crippen LogP contribution is 2.30. The highest BCUT2D eigenvalue weighted by Gasteiger charge is 2.25. The Balaban J connectivity index is 1.78. The molecule has 92 valence electrons. The summed E-state index contributed by atoms with van der Waals surface area (Å²) in [5.41, 5.74) is 0. The highest BCUT2D eigenvalue weighted by molar-refractivity contribution is 5.78. The molecule has 2 fully saturated rings. The Kier molecular flexibility index (Phi) is 4.22. The van der Waals surface area contributed by atoms with Crippen molar-refractivity contribution >= 4 is 5.91 Å². The lowest BCUT2D eigenvalue weighted by molar-refractivity contribution is -0.136. The van der Waals surface area contributed by atoms with Crippen LogP contribution in [0, 0.1) is 11.8 Å². The third kappa shape index (κ3) is 2.97. The maximum absolute atomic E-state index is 12.2. The van der Waals surface area contributed by atoms with Gasteiger partial charge in [0.05, 0.1) is 0 Å². The summed E-state index contributed by atoms with van der Waals surface area (Å²) in [7, 11) is 0. The summed E-state index contributed by atoms with van der Waals surface area (Å²) in [5.74, 6) is 1.44. The summed E-state index contributed by atoms with van der Waals surface area (Å²) in [5, 5.41) is 3.29. The lowest BCUT2D eigenvalue weighted by Gasteiger charge is -2.30. The summed E-state index contributed by atoms with van der Waals surface area (Å²) in [4.78, 5) is 14.2. The van der Waals surface area contributed by atoms with E-state index in [4.69, 9.17) is 0 Å². The molecule has 0 aromatic heterocycles. The van der Waals surface area contributed by atoms with Crippen molar-refractivity contribution < 1.29 is 4.79 Å². The average Bonchev–Trinajstić information content (AvgIpc) is 2.82. The number of carbonyl (C=O) groups is 1. The van der Waals surface area contributed by atoms with Gasteiger partial charge in [-0.25, -0.2) is 0 Å². The van der Waals surface area contributed by atoms with Crippen LogP contribution in [0.4, 0.5) is 0 Å². The Morgan fingerprint density at radius 1 is 1.31 bits per heavy atom. The van der Waals surface area contributed by atoms with E-state index in [0.29, 0.717) is 5.91 Å². The zero-order chi connectivity index (χ0) is 11.4. The number of nitrogens with one attached hydrogen (secondary N) is 1. The molecule has 0 aromatic carbocycles. The molecule has 0 radical (unpaired) electrons. The van der Waals surface area contributed by atoms with Crippen LogP contribution >= 0.6 is 0 Å². The summed E-state index contributed by atoms with van der Waals surface area (Å²) in [6, 6.07) is 0. The first kappa shape index (κ1) is 11.9. The maximum Gasteiger partial charge on any atom is 0.225 e. The van der Waals surface area contributed by atoms with Crippen LogP contribution in [0.2, 0.25) is 0 Å². The molecule has 1 saturated heterocycles. The van der Waals surface area contributed by atoms with E-state index >= 15 is 0 Å². The van der Waals surface area contributed by atoms with Gasteiger partial charge in [0.25, 0.3) is 0 Å². The molecular weight excluding hydrogens is 200 g/mol.